The van der Waals surface area contributed by atoms with E-state index in [-0.39, 0.29) is 5.91 Å². The lowest BCUT2D eigenvalue weighted by atomic mass is 10.1. The van der Waals surface area contributed by atoms with E-state index in [0.29, 0.717) is 12.5 Å². The molecule has 2 N–H and O–H groups in total. The molecule has 0 aromatic heterocycles. The number of para-hydroxylation sites is 1. The molecule has 1 amide bonds. The van der Waals surface area contributed by atoms with Gasteiger partial charge in [-0.3, -0.25) is 4.79 Å². The van der Waals surface area contributed by atoms with E-state index in [2.05, 4.69) is 10.6 Å². The summed E-state index contributed by atoms with van der Waals surface area (Å²) in [6.07, 6.45) is 2.13. The van der Waals surface area contributed by atoms with Gasteiger partial charge in [-0.25, -0.2) is 0 Å². The summed E-state index contributed by atoms with van der Waals surface area (Å²) in [5.41, 5.74) is 0.969. The molecular formula is C14H20N2O2. The molecule has 1 aliphatic heterocycles. The highest BCUT2D eigenvalue weighted by molar-refractivity contribution is 5.80. The van der Waals surface area contributed by atoms with Gasteiger partial charge in [0.15, 0.2) is 0 Å². The maximum Gasteiger partial charge on any atom is 0.239 e. The lowest BCUT2D eigenvalue weighted by Crippen LogP contribution is -2.31. The third-order valence-electron chi connectivity index (χ3n) is 3.13. The maximum absolute atomic E-state index is 11.6. The number of nitrogens with one attached hydrogen (secondary N) is 2. The second-order valence-electron chi connectivity index (χ2n) is 4.59. The Hall–Kier alpha value is -1.55. The normalized spacial score (nSPS) is 18.6. The van der Waals surface area contributed by atoms with E-state index >= 15 is 0 Å². The molecule has 1 atom stereocenters. The fourth-order valence-electron chi connectivity index (χ4n) is 2.03. The Morgan fingerprint density at radius 1 is 1.33 bits per heavy atom. The summed E-state index contributed by atoms with van der Waals surface area (Å²) in [7, 11) is 0. The first kappa shape index (κ1) is 12.9. The fraction of sp³-hybridized carbons (Fsp3) is 0.500. The summed E-state index contributed by atoms with van der Waals surface area (Å²) in [5, 5.41) is 6.01. The Balaban J connectivity index is 1.57. The smallest absolute Gasteiger partial charge is 0.239 e. The predicted molar refractivity (Wildman–Crippen MR) is 71.5 cm³/mol. The van der Waals surface area contributed by atoms with E-state index in [4.69, 9.17) is 4.74 Å². The molecule has 1 heterocycles. The van der Waals surface area contributed by atoms with Crippen LogP contribution in [0.4, 0.5) is 5.69 Å². The van der Waals surface area contributed by atoms with Gasteiger partial charge in [0.1, 0.15) is 0 Å². The van der Waals surface area contributed by atoms with Crippen LogP contribution in [0.1, 0.15) is 12.8 Å². The van der Waals surface area contributed by atoms with Gasteiger partial charge in [-0.1, -0.05) is 18.2 Å². The molecule has 0 radical (unpaired) electrons. The van der Waals surface area contributed by atoms with E-state index < -0.39 is 0 Å². The minimum atomic E-state index is 0.0396. The molecular weight excluding hydrogens is 228 g/mol. The first-order valence-corrected chi connectivity index (χ1v) is 6.48. The summed E-state index contributed by atoms with van der Waals surface area (Å²) in [6.45, 7) is 2.78. The van der Waals surface area contributed by atoms with Crippen molar-refractivity contribution in [3.63, 3.8) is 0 Å². The van der Waals surface area contributed by atoms with E-state index in [1.54, 1.807) is 0 Å². The second-order valence-corrected chi connectivity index (χ2v) is 4.59. The highest BCUT2D eigenvalue weighted by Crippen LogP contribution is 2.15. The van der Waals surface area contributed by atoms with Gasteiger partial charge >= 0.3 is 0 Å². The molecule has 0 spiro atoms. The standard InChI is InChI=1S/C14H20N2O2/c17-14(10-16-13-4-2-1-3-5-13)15-8-6-12-7-9-18-11-12/h1-5,12,16H,6-11H2,(H,15,17). The summed E-state index contributed by atoms with van der Waals surface area (Å²) < 4.78 is 5.29. The zero-order valence-corrected chi connectivity index (χ0v) is 10.5. The van der Waals surface area contributed by atoms with Gasteiger partial charge in [-0.2, -0.15) is 0 Å². The third-order valence-corrected chi connectivity index (χ3v) is 3.13. The molecule has 4 nitrogen and oxygen atoms in total. The first-order valence-electron chi connectivity index (χ1n) is 6.48. The average Bonchev–Trinajstić information content (AvgIpc) is 2.91. The number of ether oxygens (including phenoxy) is 1. The van der Waals surface area contributed by atoms with Crippen LogP contribution in [0, 0.1) is 5.92 Å². The highest BCUT2D eigenvalue weighted by atomic mass is 16.5. The lowest BCUT2D eigenvalue weighted by Gasteiger charge is -2.10. The Morgan fingerprint density at radius 3 is 2.89 bits per heavy atom. The van der Waals surface area contributed by atoms with Crippen molar-refractivity contribution in [3.8, 4) is 0 Å². The first-order chi connectivity index (χ1) is 8.84. The van der Waals surface area contributed by atoms with E-state index in [1.165, 1.54) is 0 Å². The van der Waals surface area contributed by atoms with Crippen LogP contribution in [0.5, 0.6) is 0 Å². The van der Waals surface area contributed by atoms with E-state index in [9.17, 15) is 4.79 Å². The Kier molecular flexibility index (Phi) is 5.02. The molecule has 18 heavy (non-hydrogen) atoms. The Labute approximate surface area is 108 Å². The van der Waals surface area contributed by atoms with Crippen molar-refractivity contribution in [2.75, 3.05) is 31.6 Å². The summed E-state index contributed by atoms with van der Waals surface area (Å²) in [4.78, 5) is 11.6. The van der Waals surface area contributed by atoms with Crippen LogP contribution in [0.15, 0.2) is 30.3 Å². The van der Waals surface area contributed by atoms with Crippen molar-refractivity contribution in [1.29, 1.82) is 0 Å². The van der Waals surface area contributed by atoms with Crippen molar-refractivity contribution in [2.24, 2.45) is 5.92 Å². The molecule has 1 aliphatic rings. The van der Waals surface area contributed by atoms with Gasteiger partial charge in [0.05, 0.1) is 6.54 Å². The molecule has 1 fully saturated rings. The number of hydrogen-bond acceptors (Lipinski definition) is 3. The van der Waals surface area contributed by atoms with Crippen molar-refractivity contribution in [1.82, 2.24) is 5.32 Å². The summed E-state index contributed by atoms with van der Waals surface area (Å²) in [5.74, 6) is 0.658. The lowest BCUT2D eigenvalue weighted by molar-refractivity contribution is -0.119. The predicted octanol–water partition coefficient (Wildman–Crippen LogP) is 1.64. The number of anilines is 1. The van der Waals surface area contributed by atoms with Crippen LogP contribution in [0.2, 0.25) is 0 Å². The van der Waals surface area contributed by atoms with Gasteiger partial charge in [0.2, 0.25) is 5.91 Å². The Bertz CT molecular complexity index is 361. The molecule has 1 saturated heterocycles. The van der Waals surface area contributed by atoms with Crippen molar-refractivity contribution < 1.29 is 9.53 Å². The number of amides is 1. The molecule has 4 heteroatoms. The van der Waals surface area contributed by atoms with Crippen LogP contribution in [-0.4, -0.2) is 32.2 Å². The van der Waals surface area contributed by atoms with Gasteiger partial charge in [-0.15, -0.1) is 0 Å². The number of hydrogen-bond donors (Lipinski definition) is 2. The van der Waals surface area contributed by atoms with Gasteiger partial charge < -0.3 is 15.4 Å². The van der Waals surface area contributed by atoms with Crippen LogP contribution in [0.25, 0.3) is 0 Å². The zero-order valence-electron chi connectivity index (χ0n) is 10.5. The van der Waals surface area contributed by atoms with Crippen LogP contribution in [-0.2, 0) is 9.53 Å². The largest absolute Gasteiger partial charge is 0.381 e. The summed E-state index contributed by atoms with van der Waals surface area (Å²) >= 11 is 0. The van der Waals surface area contributed by atoms with Gasteiger partial charge in [-0.05, 0) is 30.9 Å². The monoisotopic (exact) mass is 248 g/mol. The van der Waals surface area contributed by atoms with Gasteiger partial charge in [0, 0.05) is 25.4 Å². The molecule has 0 saturated carbocycles. The molecule has 0 bridgehead atoms. The molecule has 1 unspecified atom stereocenters. The summed E-state index contributed by atoms with van der Waals surface area (Å²) in [6, 6.07) is 9.74. The Morgan fingerprint density at radius 2 is 2.17 bits per heavy atom. The molecule has 98 valence electrons. The quantitative estimate of drug-likeness (QED) is 0.804. The SMILES string of the molecule is O=C(CNc1ccccc1)NCCC1CCOC1. The molecule has 0 aliphatic carbocycles. The molecule has 1 aromatic carbocycles. The zero-order chi connectivity index (χ0) is 12.6. The average molecular weight is 248 g/mol. The number of rotatable bonds is 6. The van der Waals surface area contributed by atoms with E-state index in [0.717, 1.165) is 38.3 Å². The number of benzene rings is 1. The number of carbonyl (C=O) groups excluding carboxylic acids is 1. The van der Waals surface area contributed by atoms with Crippen LogP contribution < -0.4 is 10.6 Å². The topological polar surface area (TPSA) is 50.4 Å². The number of carbonyl (C=O) groups is 1. The highest BCUT2D eigenvalue weighted by Gasteiger charge is 2.15. The third kappa shape index (κ3) is 4.37. The van der Waals surface area contributed by atoms with Crippen molar-refractivity contribution in [2.45, 2.75) is 12.8 Å². The van der Waals surface area contributed by atoms with Crippen molar-refractivity contribution in [3.05, 3.63) is 30.3 Å². The second kappa shape index (κ2) is 7.01. The maximum atomic E-state index is 11.6. The van der Waals surface area contributed by atoms with Gasteiger partial charge in [0.25, 0.3) is 0 Å². The van der Waals surface area contributed by atoms with Crippen molar-refractivity contribution >= 4 is 11.6 Å². The minimum Gasteiger partial charge on any atom is -0.381 e. The minimum absolute atomic E-state index is 0.0396. The van der Waals surface area contributed by atoms with Crippen LogP contribution >= 0.6 is 0 Å². The van der Waals surface area contributed by atoms with E-state index in [1.807, 2.05) is 30.3 Å². The fourth-order valence-corrected chi connectivity index (χ4v) is 2.03. The van der Waals surface area contributed by atoms with Crippen LogP contribution in [0.3, 0.4) is 0 Å². The molecule has 2 rings (SSSR count). The molecule has 1 aromatic rings.